The van der Waals surface area contributed by atoms with Crippen molar-refractivity contribution in [3.8, 4) is 11.1 Å². The predicted octanol–water partition coefficient (Wildman–Crippen LogP) is 10.3. The van der Waals surface area contributed by atoms with Crippen LogP contribution in [0.3, 0.4) is 0 Å². The predicted molar refractivity (Wildman–Crippen MR) is 163 cm³/mol. The van der Waals surface area contributed by atoms with Crippen molar-refractivity contribution in [3.63, 3.8) is 0 Å². The highest BCUT2D eigenvalue weighted by Crippen LogP contribution is 2.41. The van der Waals surface area contributed by atoms with Crippen molar-refractivity contribution in [1.82, 2.24) is 0 Å². The van der Waals surface area contributed by atoms with Gasteiger partial charge in [0.1, 0.15) is 6.29 Å². The van der Waals surface area contributed by atoms with Crippen molar-refractivity contribution < 1.29 is 6.22 Å². The van der Waals surface area contributed by atoms with Crippen LogP contribution >= 0.6 is 0 Å². The van der Waals surface area contributed by atoms with Gasteiger partial charge in [-0.1, -0.05) is 113 Å². The molecule has 0 saturated heterocycles. The minimum atomic E-state index is -0.000301. The summed E-state index contributed by atoms with van der Waals surface area (Å²) in [4.78, 5) is 10.8. The topological polar surface area (TPSA) is 17.1 Å². The summed E-state index contributed by atoms with van der Waals surface area (Å²) in [6, 6.07) is 22.5. The molecule has 0 aliphatic heterocycles. The number of benzene rings is 3. The molecule has 37 heavy (non-hydrogen) atoms. The maximum absolute atomic E-state index is 10.8. The summed E-state index contributed by atoms with van der Waals surface area (Å²) in [5.74, 6) is 0.810. The lowest BCUT2D eigenvalue weighted by molar-refractivity contribution is -0.107. The van der Waals surface area contributed by atoms with Gasteiger partial charge >= 0.3 is 0 Å². The van der Waals surface area contributed by atoms with E-state index < -0.39 is 0 Å². The molecule has 0 bridgehead atoms. The van der Waals surface area contributed by atoms with Crippen LogP contribution in [0.5, 0.6) is 0 Å². The number of hydrogen-bond acceptors (Lipinski definition) is 1. The molecule has 3 aromatic carbocycles. The Labute approximate surface area is 227 Å². The van der Waals surface area contributed by atoms with Gasteiger partial charge in [-0.2, -0.15) is 0 Å². The minimum absolute atomic E-state index is 0. The van der Waals surface area contributed by atoms with Crippen LogP contribution in [0.1, 0.15) is 101 Å². The molecule has 0 radical (unpaired) electrons. The summed E-state index contributed by atoms with van der Waals surface area (Å²) in [5.41, 5.74) is 10.3. The smallest absolute Gasteiger partial charge is 0.124 e. The zero-order valence-corrected chi connectivity index (χ0v) is 23.9. The summed E-state index contributed by atoms with van der Waals surface area (Å²) >= 11 is 0. The van der Waals surface area contributed by atoms with Gasteiger partial charge in [0.25, 0.3) is 0 Å². The van der Waals surface area contributed by atoms with E-state index in [1.165, 1.54) is 58.2 Å². The molecule has 3 rings (SSSR count). The van der Waals surface area contributed by atoms with Crippen molar-refractivity contribution in [1.29, 1.82) is 0 Å². The first-order chi connectivity index (χ1) is 17.9. The molecule has 0 aromatic heterocycles. The monoisotopic (exact) mass is 496 g/mol. The molecular weight excluding hydrogens is 448 g/mol. The molecule has 1 nitrogen and oxygen atoms in total. The van der Waals surface area contributed by atoms with E-state index in [0.717, 1.165) is 37.0 Å². The molecule has 1 atom stereocenters. The van der Waals surface area contributed by atoms with Crippen LogP contribution < -0.4 is 0 Å². The first-order valence-corrected chi connectivity index (χ1v) is 14.3. The Morgan fingerprint density at radius 1 is 0.838 bits per heavy atom. The molecule has 0 aliphatic carbocycles. The first kappa shape index (κ1) is 28.6. The van der Waals surface area contributed by atoms with Gasteiger partial charge in [-0.05, 0) is 90.0 Å². The molecule has 0 saturated carbocycles. The molecule has 0 aliphatic rings. The lowest BCUT2D eigenvalue weighted by Gasteiger charge is -2.34. The van der Waals surface area contributed by atoms with Gasteiger partial charge < -0.3 is 4.79 Å². The standard InChI is InChI=1S/C36H46O.H2/c1-7-12-27(4)13-10-11-14-31-19-20-33(25-28(31)5)36(8-2,9-3)34-21-22-35(29(6)26-34)32-17-15-30(16-18-32)23-24-37;/h11,14-22,24-27H,7-10,12-13,23H2,1-6H3;1H/b14-11+;. The van der Waals surface area contributed by atoms with Crippen molar-refractivity contribution in [2.24, 2.45) is 5.92 Å². The van der Waals surface area contributed by atoms with Crippen LogP contribution in [-0.4, -0.2) is 6.29 Å². The zero-order valence-electron chi connectivity index (χ0n) is 23.9. The maximum Gasteiger partial charge on any atom is 0.124 e. The number of rotatable bonds is 13. The third-order valence-corrected chi connectivity index (χ3v) is 8.30. The van der Waals surface area contributed by atoms with E-state index in [4.69, 9.17) is 0 Å². The van der Waals surface area contributed by atoms with E-state index in [2.05, 4.69) is 114 Å². The van der Waals surface area contributed by atoms with Crippen molar-refractivity contribution >= 4 is 12.4 Å². The summed E-state index contributed by atoms with van der Waals surface area (Å²) in [6.07, 6.45) is 13.3. The van der Waals surface area contributed by atoms with Crippen LogP contribution in [0.15, 0.2) is 66.7 Å². The van der Waals surface area contributed by atoms with Crippen LogP contribution in [0.2, 0.25) is 0 Å². The Hall–Kier alpha value is -2.93. The number of hydrogen-bond donors (Lipinski definition) is 0. The lowest BCUT2D eigenvalue weighted by atomic mass is 9.69. The van der Waals surface area contributed by atoms with Crippen molar-refractivity contribution in [3.05, 3.63) is 100 Å². The second kappa shape index (κ2) is 13.6. The average molecular weight is 497 g/mol. The highest BCUT2D eigenvalue weighted by atomic mass is 16.1. The van der Waals surface area contributed by atoms with Crippen molar-refractivity contribution in [2.45, 2.75) is 91.9 Å². The fraction of sp³-hybridized carbons (Fsp3) is 0.417. The Kier molecular flexibility index (Phi) is 10.5. The van der Waals surface area contributed by atoms with E-state index in [0.29, 0.717) is 6.42 Å². The molecule has 1 unspecified atom stereocenters. The first-order valence-electron chi connectivity index (χ1n) is 14.3. The van der Waals surface area contributed by atoms with Crippen LogP contribution in [-0.2, 0) is 16.6 Å². The quantitative estimate of drug-likeness (QED) is 0.215. The number of carbonyl (C=O) groups excluding carboxylic acids is 1. The number of aldehydes is 1. The van der Waals surface area contributed by atoms with E-state index in [1.807, 2.05) is 0 Å². The molecule has 0 N–H and O–H groups in total. The minimum Gasteiger partial charge on any atom is -0.303 e. The molecule has 0 amide bonds. The van der Waals surface area contributed by atoms with Crippen LogP contribution in [0.4, 0.5) is 0 Å². The highest BCUT2D eigenvalue weighted by molar-refractivity contribution is 5.69. The van der Waals surface area contributed by atoms with Gasteiger partial charge in [0, 0.05) is 13.3 Å². The number of aryl methyl sites for hydroxylation is 2. The summed E-state index contributed by atoms with van der Waals surface area (Å²) in [6.45, 7) is 13.7. The summed E-state index contributed by atoms with van der Waals surface area (Å²) in [5, 5.41) is 0. The van der Waals surface area contributed by atoms with E-state index >= 15 is 0 Å². The third kappa shape index (κ3) is 6.89. The molecule has 0 spiro atoms. The van der Waals surface area contributed by atoms with Gasteiger partial charge in [0.15, 0.2) is 0 Å². The van der Waals surface area contributed by atoms with Gasteiger partial charge in [-0.3, -0.25) is 0 Å². The summed E-state index contributed by atoms with van der Waals surface area (Å²) < 4.78 is 0. The van der Waals surface area contributed by atoms with Crippen molar-refractivity contribution in [2.75, 3.05) is 0 Å². The normalized spacial score (nSPS) is 12.7. The number of carbonyl (C=O) groups is 1. The molecule has 0 heterocycles. The van der Waals surface area contributed by atoms with E-state index in [9.17, 15) is 4.79 Å². The summed E-state index contributed by atoms with van der Waals surface area (Å²) in [7, 11) is 0. The average Bonchev–Trinajstić information content (AvgIpc) is 2.90. The number of allylic oxidation sites excluding steroid dienone is 1. The van der Waals surface area contributed by atoms with Crippen LogP contribution in [0, 0.1) is 19.8 Å². The third-order valence-electron chi connectivity index (χ3n) is 8.30. The Morgan fingerprint density at radius 3 is 2.05 bits per heavy atom. The van der Waals surface area contributed by atoms with Gasteiger partial charge in [-0.15, -0.1) is 0 Å². The lowest BCUT2D eigenvalue weighted by Crippen LogP contribution is -2.26. The zero-order chi connectivity index (χ0) is 26.8. The fourth-order valence-corrected chi connectivity index (χ4v) is 5.82. The van der Waals surface area contributed by atoms with Gasteiger partial charge in [0.2, 0.25) is 0 Å². The Bertz CT molecular complexity index is 1180. The second-order valence-corrected chi connectivity index (χ2v) is 10.8. The van der Waals surface area contributed by atoms with Gasteiger partial charge in [0.05, 0.1) is 0 Å². The molecule has 1 heteroatoms. The fourth-order valence-electron chi connectivity index (χ4n) is 5.82. The highest BCUT2D eigenvalue weighted by Gasteiger charge is 2.31. The Morgan fingerprint density at radius 2 is 1.49 bits per heavy atom. The molecule has 198 valence electrons. The van der Waals surface area contributed by atoms with Gasteiger partial charge in [-0.25, -0.2) is 0 Å². The van der Waals surface area contributed by atoms with E-state index in [-0.39, 0.29) is 6.84 Å². The van der Waals surface area contributed by atoms with Crippen LogP contribution in [0.25, 0.3) is 17.2 Å². The molecule has 3 aromatic rings. The van der Waals surface area contributed by atoms with E-state index in [1.54, 1.807) is 0 Å². The SMILES string of the molecule is CCCC(C)CC/C=C/c1ccc(C(CC)(CC)c2ccc(-c3ccc(CC=O)cc3)c(C)c2)cc1C.[HH]. The molecule has 0 fully saturated rings. The Balaban J connectivity index is 0.00000507. The second-order valence-electron chi connectivity index (χ2n) is 10.8. The maximum atomic E-state index is 10.8. The largest absolute Gasteiger partial charge is 0.303 e. The molecular formula is C36H48O.